The molecule has 0 spiro atoms. The van der Waals surface area contributed by atoms with E-state index in [-0.39, 0.29) is 5.41 Å². The predicted molar refractivity (Wildman–Crippen MR) is 86.2 cm³/mol. The Kier molecular flexibility index (Phi) is 5.33. The summed E-state index contributed by atoms with van der Waals surface area (Å²) in [7, 11) is 0. The SMILES string of the molecule is CCNC(C1=CCCCCC1)c1snnc1C(C)(C)C. The van der Waals surface area contributed by atoms with Crippen LogP contribution in [0.4, 0.5) is 0 Å². The molecule has 1 unspecified atom stereocenters. The average molecular weight is 293 g/mol. The second kappa shape index (κ2) is 6.81. The van der Waals surface area contributed by atoms with Crippen LogP contribution in [0.5, 0.6) is 0 Å². The number of rotatable bonds is 4. The van der Waals surface area contributed by atoms with Crippen LogP contribution in [0.15, 0.2) is 11.6 Å². The molecular formula is C16H27N3S. The van der Waals surface area contributed by atoms with E-state index in [0.717, 1.165) is 12.2 Å². The van der Waals surface area contributed by atoms with Gasteiger partial charge in [-0.3, -0.25) is 0 Å². The van der Waals surface area contributed by atoms with Crippen LogP contribution in [-0.2, 0) is 5.41 Å². The van der Waals surface area contributed by atoms with Gasteiger partial charge in [0.25, 0.3) is 0 Å². The van der Waals surface area contributed by atoms with Crippen molar-refractivity contribution in [3.05, 3.63) is 22.2 Å². The van der Waals surface area contributed by atoms with Crippen LogP contribution >= 0.6 is 11.5 Å². The third kappa shape index (κ3) is 3.67. The number of nitrogens with one attached hydrogen (secondary N) is 1. The molecule has 0 saturated heterocycles. The highest BCUT2D eigenvalue weighted by Gasteiger charge is 2.28. The summed E-state index contributed by atoms with van der Waals surface area (Å²) in [4.78, 5) is 1.31. The number of allylic oxidation sites excluding steroid dienone is 1. The van der Waals surface area contributed by atoms with Crippen LogP contribution in [0.1, 0.15) is 76.4 Å². The first-order valence-corrected chi connectivity index (χ1v) is 8.56. The topological polar surface area (TPSA) is 37.8 Å². The summed E-state index contributed by atoms with van der Waals surface area (Å²) < 4.78 is 4.23. The van der Waals surface area contributed by atoms with Crippen LogP contribution in [0.25, 0.3) is 0 Å². The van der Waals surface area contributed by atoms with Crippen molar-refractivity contribution in [3.8, 4) is 0 Å². The molecule has 0 aromatic carbocycles. The van der Waals surface area contributed by atoms with E-state index in [9.17, 15) is 0 Å². The van der Waals surface area contributed by atoms with E-state index in [1.165, 1.54) is 37.0 Å². The summed E-state index contributed by atoms with van der Waals surface area (Å²) in [6.07, 6.45) is 8.87. The van der Waals surface area contributed by atoms with E-state index in [2.05, 4.69) is 48.7 Å². The van der Waals surface area contributed by atoms with Crippen molar-refractivity contribution in [3.63, 3.8) is 0 Å². The Morgan fingerprint density at radius 2 is 2.10 bits per heavy atom. The molecule has 2 rings (SSSR count). The smallest absolute Gasteiger partial charge is 0.0860 e. The summed E-state index contributed by atoms with van der Waals surface area (Å²) >= 11 is 1.56. The summed E-state index contributed by atoms with van der Waals surface area (Å²) in [5.74, 6) is 0. The van der Waals surface area contributed by atoms with Crippen molar-refractivity contribution < 1.29 is 0 Å². The Morgan fingerprint density at radius 1 is 1.30 bits per heavy atom. The van der Waals surface area contributed by atoms with E-state index in [1.807, 2.05) is 0 Å². The maximum Gasteiger partial charge on any atom is 0.0860 e. The molecule has 0 amide bonds. The molecule has 0 saturated carbocycles. The molecule has 1 N–H and O–H groups in total. The van der Waals surface area contributed by atoms with Crippen LogP contribution in [-0.4, -0.2) is 16.1 Å². The lowest BCUT2D eigenvalue weighted by atomic mass is 9.88. The van der Waals surface area contributed by atoms with E-state index in [4.69, 9.17) is 0 Å². The van der Waals surface area contributed by atoms with Gasteiger partial charge in [0.1, 0.15) is 0 Å². The summed E-state index contributed by atoms with van der Waals surface area (Å²) in [5, 5.41) is 8.07. The highest BCUT2D eigenvalue weighted by atomic mass is 32.1. The summed E-state index contributed by atoms with van der Waals surface area (Å²) in [6, 6.07) is 0.312. The molecule has 1 aromatic heterocycles. The summed E-state index contributed by atoms with van der Waals surface area (Å²) in [5.41, 5.74) is 2.75. The third-order valence-electron chi connectivity index (χ3n) is 3.84. The number of aromatic nitrogens is 2. The molecule has 1 aliphatic rings. The molecule has 1 atom stereocenters. The van der Waals surface area contributed by atoms with E-state index in [1.54, 1.807) is 17.1 Å². The van der Waals surface area contributed by atoms with Gasteiger partial charge in [-0.1, -0.05) is 50.3 Å². The zero-order valence-corrected chi connectivity index (χ0v) is 14.0. The molecule has 1 heterocycles. The lowest BCUT2D eigenvalue weighted by Gasteiger charge is -2.24. The Labute approximate surface area is 127 Å². The van der Waals surface area contributed by atoms with Gasteiger partial charge in [-0.2, -0.15) is 0 Å². The third-order valence-corrected chi connectivity index (χ3v) is 4.63. The second-order valence-electron chi connectivity index (χ2n) is 6.60. The second-order valence-corrected chi connectivity index (χ2v) is 7.39. The van der Waals surface area contributed by atoms with Gasteiger partial charge in [0.2, 0.25) is 0 Å². The van der Waals surface area contributed by atoms with Crippen LogP contribution in [0, 0.1) is 0 Å². The zero-order valence-electron chi connectivity index (χ0n) is 13.2. The highest BCUT2D eigenvalue weighted by molar-refractivity contribution is 7.05. The first-order valence-electron chi connectivity index (χ1n) is 7.79. The van der Waals surface area contributed by atoms with Gasteiger partial charge in [-0.25, -0.2) is 0 Å². The van der Waals surface area contributed by atoms with Crippen molar-refractivity contribution in [1.29, 1.82) is 0 Å². The van der Waals surface area contributed by atoms with E-state index < -0.39 is 0 Å². The lowest BCUT2D eigenvalue weighted by Crippen LogP contribution is -2.25. The molecule has 0 aliphatic heterocycles. The molecule has 0 fully saturated rings. The average Bonchev–Trinajstić information content (AvgIpc) is 2.72. The fourth-order valence-electron chi connectivity index (χ4n) is 2.81. The van der Waals surface area contributed by atoms with Gasteiger partial charge in [0.15, 0.2) is 0 Å². The first-order chi connectivity index (χ1) is 9.54. The maximum atomic E-state index is 4.41. The Balaban J connectivity index is 2.33. The largest absolute Gasteiger partial charge is 0.306 e. The van der Waals surface area contributed by atoms with Crippen LogP contribution in [0.3, 0.4) is 0 Å². The fourth-order valence-corrected chi connectivity index (χ4v) is 3.79. The molecule has 1 aliphatic carbocycles. The Bertz CT molecular complexity index is 457. The van der Waals surface area contributed by atoms with E-state index >= 15 is 0 Å². The van der Waals surface area contributed by atoms with Gasteiger partial charge < -0.3 is 5.32 Å². The normalized spacial score (nSPS) is 18.5. The van der Waals surface area contributed by atoms with Crippen molar-refractivity contribution in [2.45, 2.75) is 71.3 Å². The summed E-state index contributed by atoms with van der Waals surface area (Å²) in [6.45, 7) is 9.81. The Hall–Kier alpha value is -0.740. The van der Waals surface area contributed by atoms with Crippen molar-refractivity contribution in [1.82, 2.24) is 14.9 Å². The molecule has 0 radical (unpaired) electrons. The number of hydrogen-bond acceptors (Lipinski definition) is 4. The van der Waals surface area contributed by atoms with Crippen molar-refractivity contribution >= 4 is 11.5 Å². The minimum absolute atomic E-state index is 0.0568. The van der Waals surface area contributed by atoms with E-state index in [0.29, 0.717) is 6.04 Å². The van der Waals surface area contributed by atoms with Gasteiger partial charge in [0, 0.05) is 5.41 Å². The van der Waals surface area contributed by atoms with Crippen LogP contribution < -0.4 is 5.32 Å². The molecular weight excluding hydrogens is 266 g/mol. The van der Waals surface area contributed by atoms with Crippen molar-refractivity contribution in [2.75, 3.05) is 6.54 Å². The van der Waals surface area contributed by atoms with Crippen molar-refractivity contribution in [2.24, 2.45) is 0 Å². The van der Waals surface area contributed by atoms with Gasteiger partial charge >= 0.3 is 0 Å². The minimum Gasteiger partial charge on any atom is -0.306 e. The Morgan fingerprint density at radius 3 is 2.80 bits per heavy atom. The standard InChI is InChI=1S/C16H27N3S/c1-5-17-13(12-10-8-6-7-9-11-12)14-15(16(2,3)4)18-19-20-14/h10,13,17H,5-9,11H2,1-4H3. The van der Waals surface area contributed by atoms with Gasteiger partial charge in [-0.05, 0) is 43.8 Å². The zero-order chi connectivity index (χ0) is 14.6. The molecule has 112 valence electrons. The molecule has 0 bridgehead atoms. The monoisotopic (exact) mass is 293 g/mol. The molecule has 20 heavy (non-hydrogen) atoms. The number of likely N-dealkylation sites (N-methyl/N-ethyl adjacent to an activating group) is 1. The number of nitrogens with zero attached hydrogens (tertiary/aromatic N) is 2. The molecule has 3 nitrogen and oxygen atoms in total. The molecule has 1 aromatic rings. The highest BCUT2D eigenvalue weighted by Crippen LogP contribution is 2.36. The minimum atomic E-state index is 0.0568. The first kappa shape index (κ1) is 15.6. The lowest BCUT2D eigenvalue weighted by molar-refractivity contribution is 0.534. The van der Waals surface area contributed by atoms with Gasteiger partial charge in [-0.15, -0.1) is 5.10 Å². The number of hydrogen-bond donors (Lipinski definition) is 1. The maximum absolute atomic E-state index is 4.41. The predicted octanol–water partition coefficient (Wildman–Crippen LogP) is 4.38. The van der Waals surface area contributed by atoms with Gasteiger partial charge in [0.05, 0.1) is 16.6 Å². The van der Waals surface area contributed by atoms with Crippen LogP contribution in [0.2, 0.25) is 0 Å². The quantitative estimate of drug-likeness (QED) is 0.837. The fraction of sp³-hybridized carbons (Fsp3) is 0.750. The molecule has 4 heteroatoms.